The third kappa shape index (κ3) is 4.89. The van der Waals surface area contributed by atoms with E-state index >= 15 is 0 Å². The summed E-state index contributed by atoms with van der Waals surface area (Å²) in [4.78, 5) is 23.2. The molecule has 1 aromatic rings. The second-order valence-electron chi connectivity index (χ2n) is 7.34. The van der Waals surface area contributed by atoms with Crippen molar-refractivity contribution in [1.82, 2.24) is 20.2 Å². The minimum Gasteiger partial charge on any atom is -0.335 e. The van der Waals surface area contributed by atoms with Gasteiger partial charge in [-0.15, -0.1) is 0 Å². The zero-order valence-corrected chi connectivity index (χ0v) is 14.9. The lowest BCUT2D eigenvalue weighted by molar-refractivity contribution is 0.145. The molecule has 0 bridgehead atoms. The lowest BCUT2D eigenvalue weighted by atomic mass is 9.96. The fraction of sp³-hybridized carbons (Fsp3) is 0.706. The number of piperidine rings is 1. The van der Waals surface area contributed by atoms with Gasteiger partial charge in [0.2, 0.25) is 0 Å². The molecule has 0 unspecified atom stereocenters. The Morgan fingerprint density at radius 3 is 2.52 bits per heavy atom. The summed E-state index contributed by atoms with van der Waals surface area (Å²) in [5.41, 5.74) is 0.527. The van der Waals surface area contributed by atoms with Gasteiger partial charge in [-0.25, -0.2) is 14.8 Å². The molecule has 1 aliphatic heterocycles. The number of hydrogen-bond donors (Lipinski definition) is 2. The van der Waals surface area contributed by atoms with Gasteiger partial charge in [-0.2, -0.15) is 0 Å². The van der Waals surface area contributed by atoms with E-state index in [1.54, 1.807) is 12.4 Å². The number of aromatic nitrogens is 2. The van der Waals surface area contributed by atoms with Crippen LogP contribution >= 0.6 is 0 Å². The first kappa shape index (κ1) is 17.7. The topological polar surface area (TPSA) is 70.2 Å². The summed E-state index contributed by atoms with van der Waals surface area (Å²) in [5, 5.41) is 5.87. The molecule has 128 valence electrons. The molecule has 2 N–H and O–H groups in total. The largest absolute Gasteiger partial charge is 0.335 e. The minimum absolute atomic E-state index is 0.0931. The highest BCUT2D eigenvalue weighted by atomic mass is 16.2. The number of anilines is 1. The molecule has 1 saturated heterocycles. The molecular formula is C17H29N5O. The Bertz CT molecular complexity index is 523. The van der Waals surface area contributed by atoms with Crippen molar-refractivity contribution in [2.45, 2.75) is 65.0 Å². The van der Waals surface area contributed by atoms with Crippen LogP contribution in [0.15, 0.2) is 12.4 Å². The lowest BCUT2D eigenvalue weighted by Crippen LogP contribution is -2.49. The van der Waals surface area contributed by atoms with E-state index in [0.29, 0.717) is 11.7 Å². The molecule has 0 spiro atoms. The monoisotopic (exact) mass is 319 g/mol. The number of nitrogens with zero attached hydrogens (tertiary/aromatic N) is 3. The van der Waals surface area contributed by atoms with Crippen molar-refractivity contribution in [2.24, 2.45) is 0 Å². The Balaban J connectivity index is 1.85. The van der Waals surface area contributed by atoms with E-state index in [4.69, 9.17) is 0 Å². The first-order valence-corrected chi connectivity index (χ1v) is 8.43. The summed E-state index contributed by atoms with van der Waals surface area (Å²) in [6, 6.07) is 0.551. The highest BCUT2D eigenvalue weighted by Crippen LogP contribution is 2.19. The van der Waals surface area contributed by atoms with Crippen LogP contribution < -0.4 is 10.6 Å². The van der Waals surface area contributed by atoms with Crippen LogP contribution in [0, 0.1) is 0 Å². The van der Waals surface area contributed by atoms with Gasteiger partial charge in [0.1, 0.15) is 5.82 Å². The maximum Gasteiger partial charge on any atom is 0.319 e. The molecule has 1 aliphatic rings. The van der Waals surface area contributed by atoms with Crippen molar-refractivity contribution in [2.75, 3.05) is 18.4 Å². The zero-order valence-electron chi connectivity index (χ0n) is 14.9. The van der Waals surface area contributed by atoms with Crippen molar-refractivity contribution < 1.29 is 4.79 Å². The number of amides is 2. The summed E-state index contributed by atoms with van der Waals surface area (Å²) in [5.74, 6) is 0.768. The smallest absolute Gasteiger partial charge is 0.319 e. The van der Waals surface area contributed by atoms with Gasteiger partial charge in [-0.1, -0.05) is 27.7 Å². The number of rotatable bonds is 3. The summed E-state index contributed by atoms with van der Waals surface area (Å²) >= 11 is 0. The molecule has 6 heteroatoms. The van der Waals surface area contributed by atoms with Crippen LogP contribution in [-0.4, -0.2) is 46.1 Å². The summed E-state index contributed by atoms with van der Waals surface area (Å²) in [6.07, 6.45) is 5.30. The molecule has 2 atom stereocenters. The normalized spacial score (nSPS) is 22.7. The summed E-state index contributed by atoms with van der Waals surface area (Å²) < 4.78 is 0. The third-order valence-corrected chi connectivity index (χ3v) is 4.34. The van der Waals surface area contributed by atoms with Crippen molar-refractivity contribution in [3.63, 3.8) is 0 Å². The summed E-state index contributed by atoms with van der Waals surface area (Å²) in [7, 11) is 0. The van der Waals surface area contributed by atoms with Crippen LogP contribution in [0.1, 0.15) is 53.3 Å². The number of hydrogen-bond acceptors (Lipinski definition) is 4. The van der Waals surface area contributed by atoms with Gasteiger partial charge >= 0.3 is 6.03 Å². The van der Waals surface area contributed by atoms with Crippen LogP contribution in [0.5, 0.6) is 0 Å². The van der Waals surface area contributed by atoms with Crippen LogP contribution in [0.3, 0.4) is 0 Å². The van der Waals surface area contributed by atoms with Gasteiger partial charge < -0.3 is 15.5 Å². The van der Waals surface area contributed by atoms with E-state index in [1.165, 1.54) is 0 Å². The van der Waals surface area contributed by atoms with Crippen LogP contribution in [0.25, 0.3) is 0 Å². The van der Waals surface area contributed by atoms with E-state index in [-0.39, 0.29) is 17.5 Å². The number of likely N-dealkylation sites (tertiary alicyclic amines) is 1. The molecule has 0 saturated carbocycles. The molecule has 2 amide bonds. The zero-order chi connectivity index (χ0) is 17.0. The SMILES string of the molecule is CCN1CC[C@H](NC(=O)Nc2cnc(C(C)(C)C)nc2)C[C@@H]1C. The van der Waals surface area contributed by atoms with Crippen molar-refractivity contribution >= 4 is 11.7 Å². The molecule has 0 aliphatic carbocycles. The summed E-state index contributed by atoms with van der Waals surface area (Å²) in [6.45, 7) is 12.7. The average molecular weight is 319 g/mol. The fourth-order valence-corrected chi connectivity index (χ4v) is 2.95. The Kier molecular flexibility index (Phi) is 5.57. The highest BCUT2D eigenvalue weighted by Gasteiger charge is 2.25. The van der Waals surface area contributed by atoms with Gasteiger partial charge in [-0.3, -0.25) is 0 Å². The third-order valence-electron chi connectivity index (χ3n) is 4.34. The number of urea groups is 1. The molecule has 2 rings (SSSR count). The Hall–Kier alpha value is -1.69. The Morgan fingerprint density at radius 1 is 1.35 bits per heavy atom. The van der Waals surface area contributed by atoms with Gasteiger partial charge in [0.05, 0.1) is 18.1 Å². The molecule has 6 nitrogen and oxygen atoms in total. The van der Waals surface area contributed by atoms with E-state index in [9.17, 15) is 4.79 Å². The predicted octanol–water partition coefficient (Wildman–Crippen LogP) is 2.77. The number of carbonyl (C=O) groups excluding carboxylic acids is 1. The van der Waals surface area contributed by atoms with E-state index in [0.717, 1.165) is 31.8 Å². The number of carbonyl (C=O) groups is 1. The quantitative estimate of drug-likeness (QED) is 0.899. The van der Waals surface area contributed by atoms with Crippen LogP contribution in [0.4, 0.5) is 10.5 Å². The van der Waals surface area contributed by atoms with E-state index in [2.05, 4.69) is 60.1 Å². The minimum atomic E-state index is -0.181. The second-order valence-corrected chi connectivity index (χ2v) is 7.34. The molecule has 1 aromatic heterocycles. The molecular weight excluding hydrogens is 290 g/mol. The Labute approximate surface area is 139 Å². The van der Waals surface area contributed by atoms with E-state index in [1.807, 2.05) is 0 Å². The maximum atomic E-state index is 12.1. The first-order chi connectivity index (χ1) is 10.8. The van der Waals surface area contributed by atoms with Gasteiger partial charge in [-0.05, 0) is 26.3 Å². The van der Waals surface area contributed by atoms with E-state index < -0.39 is 0 Å². The molecule has 1 fully saturated rings. The van der Waals surface area contributed by atoms with Crippen molar-refractivity contribution in [1.29, 1.82) is 0 Å². The molecule has 23 heavy (non-hydrogen) atoms. The molecule has 0 aromatic carbocycles. The van der Waals surface area contributed by atoms with Crippen molar-refractivity contribution in [3.8, 4) is 0 Å². The van der Waals surface area contributed by atoms with Gasteiger partial charge in [0.15, 0.2) is 0 Å². The second kappa shape index (κ2) is 7.25. The average Bonchev–Trinajstić information content (AvgIpc) is 2.47. The maximum absolute atomic E-state index is 12.1. The molecule has 2 heterocycles. The number of nitrogens with one attached hydrogen (secondary N) is 2. The molecule has 0 radical (unpaired) electrons. The van der Waals surface area contributed by atoms with Crippen molar-refractivity contribution in [3.05, 3.63) is 18.2 Å². The van der Waals surface area contributed by atoms with Gasteiger partial charge in [0.25, 0.3) is 0 Å². The van der Waals surface area contributed by atoms with Gasteiger partial charge in [0, 0.05) is 24.0 Å². The lowest BCUT2D eigenvalue weighted by Gasteiger charge is -2.37. The predicted molar refractivity (Wildman–Crippen MR) is 92.6 cm³/mol. The first-order valence-electron chi connectivity index (χ1n) is 8.43. The standard InChI is InChI=1S/C17H29N5O/c1-6-22-8-7-13(9-12(22)2)20-16(23)21-14-10-18-15(19-11-14)17(3,4)5/h10-13H,6-9H2,1-5H3,(H2,20,21,23)/t12-,13-/m0/s1. The highest BCUT2D eigenvalue weighted by molar-refractivity contribution is 5.89. The fourth-order valence-electron chi connectivity index (χ4n) is 2.95. The van der Waals surface area contributed by atoms with Crippen LogP contribution in [0.2, 0.25) is 0 Å². The Morgan fingerprint density at radius 2 is 2.00 bits per heavy atom. The van der Waals surface area contributed by atoms with Crippen LogP contribution in [-0.2, 0) is 5.41 Å².